The number of aromatic carboxylic acids is 1. The maximum Gasteiger partial charge on any atom is 0.336 e. The van der Waals surface area contributed by atoms with Gasteiger partial charge in [0.1, 0.15) is 0 Å². The van der Waals surface area contributed by atoms with E-state index in [0.29, 0.717) is 17.2 Å². The molecule has 2 atom stereocenters. The Morgan fingerprint density at radius 3 is 2.63 bits per heavy atom. The molecule has 0 heterocycles. The molecule has 19 heavy (non-hydrogen) atoms. The van der Waals surface area contributed by atoms with Crippen molar-refractivity contribution < 1.29 is 14.7 Å². The lowest BCUT2D eigenvalue weighted by Gasteiger charge is -2.17. The zero-order valence-corrected chi connectivity index (χ0v) is 11.3. The summed E-state index contributed by atoms with van der Waals surface area (Å²) < 4.78 is 0. The van der Waals surface area contributed by atoms with Gasteiger partial charge in [0.15, 0.2) is 0 Å². The average molecular weight is 261 g/mol. The van der Waals surface area contributed by atoms with Crippen molar-refractivity contribution in [2.24, 2.45) is 11.8 Å². The van der Waals surface area contributed by atoms with Crippen LogP contribution in [0.25, 0.3) is 0 Å². The number of carboxylic acid groups (broad SMARTS) is 1. The van der Waals surface area contributed by atoms with Crippen molar-refractivity contribution in [3.63, 3.8) is 0 Å². The molecule has 1 aromatic rings. The number of hydrogen-bond acceptors (Lipinski definition) is 2. The van der Waals surface area contributed by atoms with Crippen molar-refractivity contribution in [3.8, 4) is 0 Å². The summed E-state index contributed by atoms with van der Waals surface area (Å²) in [7, 11) is 0. The van der Waals surface area contributed by atoms with E-state index < -0.39 is 5.97 Å². The maximum atomic E-state index is 12.2. The van der Waals surface area contributed by atoms with E-state index in [1.165, 1.54) is 0 Å². The van der Waals surface area contributed by atoms with Gasteiger partial charge in [-0.1, -0.05) is 19.4 Å². The monoisotopic (exact) mass is 261 g/mol. The third-order valence-electron chi connectivity index (χ3n) is 4.02. The van der Waals surface area contributed by atoms with Crippen LogP contribution in [-0.2, 0) is 4.79 Å². The van der Waals surface area contributed by atoms with E-state index >= 15 is 0 Å². The average Bonchev–Trinajstić information content (AvgIpc) is 2.77. The molecule has 0 radical (unpaired) electrons. The highest BCUT2D eigenvalue weighted by Gasteiger charge is 2.29. The largest absolute Gasteiger partial charge is 0.478 e. The maximum absolute atomic E-state index is 12.2. The molecule has 0 spiro atoms. The predicted molar refractivity (Wildman–Crippen MR) is 73.3 cm³/mol. The summed E-state index contributed by atoms with van der Waals surface area (Å²) in [6.07, 6.45) is 3.10. The molecule has 102 valence electrons. The topological polar surface area (TPSA) is 66.4 Å². The van der Waals surface area contributed by atoms with Crippen molar-refractivity contribution in [3.05, 3.63) is 29.3 Å². The Morgan fingerprint density at radius 1 is 1.32 bits per heavy atom. The minimum atomic E-state index is -0.970. The Morgan fingerprint density at radius 2 is 2.05 bits per heavy atom. The molecular weight excluding hydrogens is 242 g/mol. The van der Waals surface area contributed by atoms with Crippen LogP contribution in [-0.4, -0.2) is 17.0 Å². The van der Waals surface area contributed by atoms with Crippen molar-refractivity contribution in [1.82, 2.24) is 0 Å². The Balaban J connectivity index is 2.17. The highest BCUT2D eigenvalue weighted by atomic mass is 16.4. The van der Waals surface area contributed by atoms with E-state index in [9.17, 15) is 9.59 Å². The van der Waals surface area contributed by atoms with Crippen LogP contribution in [0.15, 0.2) is 18.2 Å². The van der Waals surface area contributed by atoms with Gasteiger partial charge < -0.3 is 10.4 Å². The number of carbonyl (C=O) groups excluding carboxylic acids is 1. The van der Waals surface area contributed by atoms with Crippen molar-refractivity contribution in [2.45, 2.75) is 33.1 Å². The molecule has 0 saturated heterocycles. The summed E-state index contributed by atoms with van der Waals surface area (Å²) in [5.41, 5.74) is 1.44. The van der Waals surface area contributed by atoms with Gasteiger partial charge in [-0.05, 0) is 43.4 Å². The van der Waals surface area contributed by atoms with Crippen LogP contribution in [0.3, 0.4) is 0 Å². The number of nitrogens with one attached hydrogen (secondary N) is 1. The van der Waals surface area contributed by atoms with Gasteiger partial charge in [-0.15, -0.1) is 0 Å². The van der Waals surface area contributed by atoms with E-state index in [2.05, 4.69) is 12.2 Å². The smallest absolute Gasteiger partial charge is 0.336 e. The summed E-state index contributed by atoms with van der Waals surface area (Å²) >= 11 is 0. The van der Waals surface area contributed by atoms with Crippen molar-refractivity contribution in [2.75, 3.05) is 5.32 Å². The fraction of sp³-hybridized carbons (Fsp3) is 0.467. The first-order valence-corrected chi connectivity index (χ1v) is 6.64. The minimum Gasteiger partial charge on any atom is -0.478 e. The highest BCUT2D eigenvalue weighted by Crippen LogP contribution is 2.32. The van der Waals surface area contributed by atoms with Crippen LogP contribution < -0.4 is 5.32 Å². The molecule has 2 unspecified atom stereocenters. The van der Waals surface area contributed by atoms with E-state index in [4.69, 9.17) is 5.11 Å². The Hall–Kier alpha value is -1.84. The number of amides is 1. The SMILES string of the molecule is Cc1c(NC(=O)C2CCCC2C)cccc1C(=O)O. The fourth-order valence-electron chi connectivity index (χ4n) is 2.76. The molecule has 1 aliphatic rings. The molecule has 1 fully saturated rings. The molecule has 2 rings (SSSR count). The van der Waals surface area contributed by atoms with Gasteiger partial charge in [0, 0.05) is 11.6 Å². The molecule has 1 aromatic carbocycles. The Bertz CT molecular complexity index is 510. The lowest BCUT2D eigenvalue weighted by atomic mass is 9.97. The molecule has 4 nitrogen and oxygen atoms in total. The first-order valence-electron chi connectivity index (χ1n) is 6.64. The normalized spacial score (nSPS) is 22.2. The van der Waals surface area contributed by atoms with E-state index in [1.54, 1.807) is 25.1 Å². The van der Waals surface area contributed by atoms with Crippen molar-refractivity contribution >= 4 is 17.6 Å². The number of carbonyl (C=O) groups is 2. The highest BCUT2D eigenvalue weighted by molar-refractivity contribution is 5.97. The predicted octanol–water partition coefficient (Wildman–Crippen LogP) is 3.07. The molecule has 1 saturated carbocycles. The van der Waals surface area contributed by atoms with Gasteiger partial charge in [-0.25, -0.2) is 4.79 Å². The third-order valence-corrected chi connectivity index (χ3v) is 4.02. The molecule has 0 aliphatic heterocycles. The van der Waals surface area contributed by atoms with Crippen LogP contribution in [0, 0.1) is 18.8 Å². The quantitative estimate of drug-likeness (QED) is 0.878. The van der Waals surface area contributed by atoms with E-state index in [0.717, 1.165) is 19.3 Å². The zero-order valence-electron chi connectivity index (χ0n) is 11.3. The summed E-state index contributed by atoms with van der Waals surface area (Å²) in [4.78, 5) is 23.3. The number of benzene rings is 1. The van der Waals surface area contributed by atoms with Gasteiger partial charge in [0.05, 0.1) is 5.56 Å². The molecule has 0 bridgehead atoms. The molecular formula is C15H19NO3. The second kappa shape index (κ2) is 5.43. The standard InChI is InChI=1S/C15H19NO3/c1-9-5-3-6-11(9)14(17)16-13-8-4-7-12(10(13)2)15(18)19/h4,7-9,11H,3,5-6H2,1-2H3,(H,16,17)(H,18,19). The van der Waals surface area contributed by atoms with Gasteiger partial charge >= 0.3 is 5.97 Å². The van der Waals surface area contributed by atoms with Crippen LogP contribution >= 0.6 is 0 Å². The Kier molecular flexibility index (Phi) is 3.88. The second-order valence-electron chi connectivity index (χ2n) is 5.29. The van der Waals surface area contributed by atoms with Crippen LogP contribution in [0.1, 0.15) is 42.1 Å². The summed E-state index contributed by atoms with van der Waals surface area (Å²) in [6, 6.07) is 4.95. The number of anilines is 1. The van der Waals surface area contributed by atoms with Gasteiger partial charge in [0.25, 0.3) is 0 Å². The lowest BCUT2D eigenvalue weighted by molar-refractivity contribution is -0.120. The van der Waals surface area contributed by atoms with Crippen LogP contribution in [0.2, 0.25) is 0 Å². The molecule has 2 N–H and O–H groups in total. The number of carboxylic acids is 1. The van der Waals surface area contributed by atoms with E-state index in [1.807, 2.05) is 0 Å². The fourth-order valence-corrected chi connectivity index (χ4v) is 2.76. The third kappa shape index (κ3) is 2.78. The molecule has 1 aliphatic carbocycles. The van der Waals surface area contributed by atoms with Gasteiger partial charge in [0.2, 0.25) is 5.91 Å². The first-order chi connectivity index (χ1) is 9.00. The summed E-state index contributed by atoms with van der Waals surface area (Å²) in [5, 5.41) is 11.9. The van der Waals surface area contributed by atoms with Gasteiger partial charge in [-0.2, -0.15) is 0 Å². The number of rotatable bonds is 3. The van der Waals surface area contributed by atoms with Crippen LogP contribution in [0.4, 0.5) is 5.69 Å². The van der Waals surface area contributed by atoms with Crippen molar-refractivity contribution in [1.29, 1.82) is 0 Å². The first kappa shape index (κ1) is 13.6. The van der Waals surface area contributed by atoms with Gasteiger partial charge in [-0.3, -0.25) is 4.79 Å². The molecule has 1 amide bonds. The number of hydrogen-bond donors (Lipinski definition) is 2. The lowest BCUT2D eigenvalue weighted by Crippen LogP contribution is -2.25. The van der Waals surface area contributed by atoms with Crippen LogP contribution in [0.5, 0.6) is 0 Å². The molecule has 0 aromatic heterocycles. The minimum absolute atomic E-state index is 0.00985. The Labute approximate surface area is 112 Å². The zero-order chi connectivity index (χ0) is 14.0. The summed E-state index contributed by atoms with van der Waals surface area (Å²) in [6.45, 7) is 3.81. The second-order valence-corrected chi connectivity index (χ2v) is 5.29. The summed E-state index contributed by atoms with van der Waals surface area (Å²) in [5.74, 6) is -0.505. The molecule has 4 heteroatoms. The van der Waals surface area contributed by atoms with E-state index in [-0.39, 0.29) is 17.4 Å².